The van der Waals surface area contributed by atoms with Crippen molar-refractivity contribution >= 4 is 27.8 Å². The lowest BCUT2D eigenvalue weighted by Gasteiger charge is -2.31. The molecule has 4 nitrogen and oxygen atoms in total. The van der Waals surface area contributed by atoms with Crippen LogP contribution >= 0.6 is 15.9 Å². The number of piperidine rings is 1. The van der Waals surface area contributed by atoms with E-state index in [-0.39, 0.29) is 17.8 Å². The number of hydrogen-bond acceptors (Lipinski definition) is 3. The zero-order valence-corrected chi connectivity index (χ0v) is 16.4. The summed E-state index contributed by atoms with van der Waals surface area (Å²) < 4.78 is 6.44. The fourth-order valence-electron chi connectivity index (χ4n) is 3.13. The van der Waals surface area contributed by atoms with Gasteiger partial charge in [0.2, 0.25) is 0 Å². The maximum Gasteiger partial charge on any atom is 0.309 e. The molecule has 2 aromatic carbocycles. The first-order valence-electron chi connectivity index (χ1n) is 8.80. The van der Waals surface area contributed by atoms with Crippen LogP contribution in [0.4, 0.5) is 0 Å². The zero-order chi connectivity index (χ0) is 18.5. The minimum atomic E-state index is -0.163. The van der Waals surface area contributed by atoms with Crippen molar-refractivity contribution in [1.29, 1.82) is 0 Å². The molecule has 0 radical (unpaired) electrons. The topological polar surface area (TPSA) is 46.6 Å². The van der Waals surface area contributed by atoms with Crippen LogP contribution in [0, 0.1) is 12.8 Å². The van der Waals surface area contributed by atoms with Gasteiger partial charge in [0, 0.05) is 23.1 Å². The average molecular weight is 416 g/mol. The highest BCUT2D eigenvalue weighted by Gasteiger charge is 2.28. The molecule has 1 amide bonds. The first-order chi connectivity index (χ1) is 12.5. The standard InChI is InChI=1S/C21H22BrNO3/c1-15-4-2-3-5-18(15)14-26-21(25)17-10-12-23(13-11-17)20(24)16-6-8-19(22)9-7-16/h2-9,17H,10-14H2,1H3. The molecule has 1 fully saturated rings. The first-order valence-corrected chi connectivity index (χ1v) is 9.60. The van der Waals surface area contributed by atoms with Gasteiger partial charge in [0.15, 0.2) is 0 Å². The van der Waals surface area contributed by atoms with Gasteiger partial charge in [0.05, 0.1) is 5.92 Å². The molecule has 26 heavy (non-hydrogen) atoms. The molecule has 1 aliphatic rings. The van der Waals surface area contributed by atoms with E-state index in [9.17, 15) is 9.59 Å². The van der Waals surface area contributed by atoms with Gasteiger partial charge in [-0.1, -0.05) is 40.2 Å². The highest BCUT2D eigenvalue weighted by molar-refractivity contribution is 9.10. The van der Waals surface area contributed by atoms with E-state index in [1.54, 1.807) is 0 Å². The van der Waals surface area contributed by atoms with Crippen molar-refractivity contribution in [3.8, 4) is 0 Å². The summed E-state index contributed by atoms with van der Waals surface area (Å²) in [6.45, 7) is 3.48. The lowest BCUT2D eigenvalue weighted by molar-refractivity contribution is -0.151. The van der Waals surface area contributed by atoms with Crippen molar-refractivity contribution < 1.29 is 14.3 Å². The summed E-state index contributed by atoms with van der Waals surface area (Å²) >= 11 is 3.37. The number of likely N-dealkylation sites (tertiary alicyclic amines) is 1. The number of ether oxygens (including phenoxy) is 1. The van der Waals surface area contributed by atoms with Gasteiger partial charge in [-0.25, -0.2) is 0 Å². The molecule has 0 atom stereocenters. The molecule has 3 rings (SSSR count). The van der Waals surface area contributed by atoms with E-state index in [2.05, 4.69) is 15.9 Å². The summed E-state index contributed by atoms with van der Waals surface area (Å²) in [6, 6.07) is 15.3. The normalized spacial score (nSPS) is 14.9. The van der Waals surface area contributed by atoms with Gasteiger partial charge in [0.1, 0.15) is 6.61 Å². The summed E-state index contributed by atoms with van der Waals surface area (Å²) in [5.74, 6) is -0.277. The Morgan fingerprint density at radius 2 is 1.73 bits per heavy atom. The molecular formula is C21H22BrNO3. The number of aryl methyl sites for hydroxylation is 1. The summed E-state index contributed by atoms with van der Waals surface area (Å²) in [4.78, 5) is 26.7. The molecule has 0 aliphatic carbocycles. The maximum atomic E-state index is 12.5. The molecule has 0 saturated carbocycles. The van der Waals surface area contributed by atoms with E-state index in [1.165, 1.54) is 0 Å². The fourth-order valence-corrected chi connectivity index (χ4v) is 3.40. The second-order valence-electron chi connectivity index (χ2n) is 6.61. The monoisotopic (exact) mass is 415 g/mol. The lowest BCUT2D eigenvalue weighted by Crippen LogP contribution is -2.40. The maximum absolute atomic E-state index is 12.5. The largest absolute Gasteiger partial charge is 0.461 e. The Hall–Kier alpha value is -2.14. The van der Waals surface area contributed by atoms with Crippen LogP contribution < -0.4 is 0 Å². The molecular weight excluding hydrogens is 394 g/mol. The van der Waals surface area contributed by atoms with Crippen LogP contribution in [0.15, 0.2) is 53.0 Å². The Kier molecular flexibility index (Phi) is 6.09. The first kappa shape index (κ1) is 18.6. The van der Waals surface area contributed by atoms with Crippen LogP contribution in [0.3, 0.4) is 0 Å². The van der Waals surface area contributed by atoms with Gasteiger partial charge >= 0.3 is 5.97 Å². The molecule has 0 bridgehead atoms. The van der Waals surface area contributed by atoms with Gasteiger partial charge in [0.25, 0.3) is 5.91 Å². The molecule has 0 aromatic heterocycles. The Morgan fingerprint density at radius 1 is 1.08 bits per heavy atom. The lowest BCUT2D eigenvalue weighted by atomic mass is 9.96. The molecule has 1 saturated heterocycles. The predicted octanol–water partition coefficient (Wildman–Crippen LogP) is 4.35. The third kappa shape index (κ3) is 4.52. The molecule has 0 spiro atoms. The van der Waals surface area contributed by atoms with Gasteiger partial charge < -0.3 is 9.64 Å². The number of benzene rings is 2. The van der Waals surface area contributed by atoms with E-state index < -0.39 is 0 Å². The molecule has 1 aliphatic heterocycles. The highest BCUT2D eigenvalue weighted by Crippen LogP contribution is 2.22. The highest BCUT2D eigenvalue weighted by atomic mass is 79.9. The molecule has 5 heteroatoms. The summed E-state index contributed by atoms with van der Waals surface area (Å²) in [5, 5.41) is 0. The number of amides is 1. The Morgan fingerprint density at radius 3 is 2.38 bits per heavy atom. The summed E-state index contributed by atoms with van der Waals surface area (Å²) in [5.41, 5.74) is 2.83. The molecule has 2 aromatic rings. The van der Waals surface area contributed by atoms with E-state index in [1.807, 2.05) is 60.4 Å². The Bertz CT molecular complexity index is 780. The zero-order valence-electron chi connectivity index (χ0n) is 14.8. The molecule has 136 valence electrons. The van der Waals surface area contributed by atoms with E-state index >= 15 is 0 Å². The molecule has 1 heterocycles. The molecule has 0 N–H and O–H groups in total. The van der Waals surface area contributed by atoms with E-state index in [4.69, 9.17) is 4.74 Å². The smallest absolute Gasteiger partial charge is 0.309 e. The van der Waals surface area contributed by atoms with Crippen molar-refractivity contribution in [3.05, 3.63) is 69.7 Å². The number of carbonyl (C=O) groups excluding carboxylic acids is 2. The van der Waals surface area contributed by atoms with Gasteiger partial charge in [-0.3, -0.25) is 9.59 Å². The van der Waals surface area contributed by atoms with Crippen LogP contribution in [-0.4, -0.2) is 29.9 Å². The Labute approximate surface area is 162 Å². The quantitative estimate of drug-likeness (QED) is 0.697. The Balaban J connectivity index is 1.50. The molecule has 0 unspecified atom stereocenters. The van der Waals surface area contributed by atoms with E-state index in [0.29, 0.717) is 38.1 Å². The number of rotatable bonds is 4. The fraction of sp³-hybridized carbons (Fsp3) is 0.333. The van der Waals surface area contributed by atoms with Crippen LogP contribution in [-0.2, 0) is 16.1 Å². The third-order valence-electron chi connectivity index (χ3n) is 4.84. The van der Waals surface area contributed by atoms with E-state index in [0.717, 1.165) is 15.6 Å². The third-order valence-corrected chi connectivity index (χ3v) is 5.37. The SMILES string of the molecule is Cc1ccccc1COC(=O)C1CCN(C(=O)c2ccc(Br)cc2)CC1. The van der Waals surface area contributed by atoms with Gasteiger partial charge in [-0.05, 0) is 55.2 Å². The van der Waals surface area contributed by atoms with Crippen LogP contribution in [0.1, 0.15) is 34.3 Å². The summed E-state index contributed by atoms with van der Waals surface area (Å²) in [7, 11) is 0. The average Bonchev–Trinajstić information content (AvgIpc) is 2.67. The van der Waals surface area contributed by atoms with Crippen molar-refractivity contribution in [3.63, 3.8) is 0 Å². The van der Waals surface area contributed by atoms with Crippen molar-refractivity contribution in [2.45, 2.75) is 26.4 Å². The van der Waals surface area contributed by atoms with Crippen molar-refractivity contribution in [2.75, 3.05) is 13.1 Å². The number of hydrogen-bond donors (Lipinski definition) is 0. The second kappa shape index (κ2) is 8.49. The van der Waals surface area contributed by atoms with Crippen LogP contribution in [0.5, 0.6) is 0 Å². The minimum absolute atomic E-state index is 0.0178. The minimum Gasteiger partial charge on any atom is -0.461 e. The van der Waals surface area contributed by atoms with Gasteiger partial charge in [-0.2, -0.15) is 0 Å². The van der Waals surface area contributed by atoms with Crippen LogP contribution in [0.2, 0.25) is 0 Å². The predicted molar refractivity (Wildman–Crippen MR) is 104 cm³/mol. The second-order valence-corrected chi connectivity index (χ2v) is 7.52. The number of carbonyl (C=O) groups is 2. The number of halogens is 1. The number of nitrogens with zero attached hydrogens (tertiary/aromatic N) is 1. The number of esters is 1. The van der Waals surface area contributed by atoms with Crippen LogP contribution in [0.25, 0.3) is 0 Å². The van der Waals surface area contributed by atoms with Crippen molar-refractivity contribution in [2.24, 2.45) is 5.92 Å². The van der Waals surface area contributed by atoms with Gasteiger partial charge in [-0.15, -0.1) is 0 Å². The van der Waals surface area contributed by atoms with Crippen molar-refractivity contribution in [1.82, 2.24) is 4.90 Å². The summed E-state index contributed by atoms with van der Waals surface area (Å²) in [6.07, 6.45) is 1.30.